The van der Waals surface area contributed by atoms with Crippen LogP contribution in [-0.4, -0.2) is 58.2 Å². The molecule has 0 aliphatic carbocycles. The largest absolute Gasteiger partial charge is 0.378 e. The number of alkyl halides is 1. The minimum absolute atomic E-state index is 0.574. The van der Waals surface area contributed by atoms with E-state index in [-0.39, 0.29) is 0 Å². The average Bonchev–Trinajstić information content (AvgIpc) is 2.31. The Kier molecular flexibility index (Phi) is 15.1. The minimum Gasteiger partial charge on any atom is -0.378 e. The van der Waals surface area contributed by atoms with E-state index in [4.69, 9.17) is 18.9 Å². The molecule has 0 N–H and O–H groups in total. The summed E-state index contributed by atoms with van der Waals surface area (Å²) < 4.78 is 20.9. The van der Waals surface area contributed by atoms with Crippen molar-refractivity contribution in [2.75, 3.05) is 58.2 Å². The fourth-order valence-electron chi connectivity index (χ4n) is 0.881. The van der Waals surface area contributed by atoms with Crippen LogP contribution >= 0.6 is 15.9 Å². The van der Waals surface area contributed by atoms with Crippen LogP contribution < -0.4 is 0 Å². The smallest absolute Gasteiger partial charge is 0.0704 e. The molecule has 0 aromatic rings. The first kappa shape index (κ1) is 16.1. The lowest BCUT2D eigenvalue weighted by Gasteiger charge is -2.06. The summed E-state index contributed by atoms with van der Waals surface area (Å²) in [6, 6.07) is 0. The van der Waals surface area contributed by atoms with Crippen LogP contribution in [0.25, 0.3) is 0 Å². The molecule has 0 atom stereocenters. The van der Waals surface area contributed by atoms with E-state index in [9.17, 15) is 0 Å². The third kappa shape index (κ3) is 14.1. The Morgan fingerprint density at radius 2 is 1.19 bits per heavy atom. The second-order valence-corrected chi connectivity index (χ2v) is 3.68. The van der Waals surface area contributed by atoms with Gasteiger partial charge in [0.15, 0.2) is 0 Å². The molecule has 0 rings (SSSR count). The van der Waals surface area contributed by atoms with Crippen molar-refractivity contribution >= 4 is 15.9 Å². The maximum atomic E-state index is 5.29. The van der Waals surface area contributed by atoms with Gasteiger partial charge < -0.3 is 18.9 Å². The monoisotopic (exact) mass is 296 g/mol. The standard InChI is InChI=1S/C11H21BrO4/c1-2-4-13-6-8-15-10-11-16-9-7-14-5-3-12/h2H,1,3-11H2. The Labute approximate surface area is 106 Å². The molecule has 0 unspecified atom stereocenters. The van der Waals surface area contributed by atoms with Crippen LogP contribution in [0.5, 0.6) is 0 Å². The Balaban J connectivity index is 2.85. The molecule has 0 aromatic carbocycles. The van der Waals surface area contributed by atoms with Crippen molar-refractivity contribution < 1.29 is 18.9 Å². The predicted molar refractivity (Wildman–Crippen MR) is 67.3 cm³/mol. The SMILES string of the molecule is C=CCOCCOCCOCCOCCBr. The first-order valence-electron chi connectivity index (χ1n) is 5.39. The predicted octanol–water partition coefficient (Wildman–Crippen LogP) is 1.63. The Morgan fingerprint density at radius 3 is 1.62 bits per heavy atom. The summed E-state index contributed by atoms with van der Waals surface area (Å²) in [6.07, 6.45) is 1.72. The molecule has 5 heteroatoms. The molecule has 0 amide bonds. The van der Waals surface area contributed by atoms with Gasteiger partial charge in [-0.2, -0.15) is 0 Å². The first-order chi connectivity index (χ1) is 7.91. The van der Waals surface area contributed by atoms with Crippen molar-refractivity contribution in [1.82, 2.24) is 0 Å². The van der Waals surface area contributed by atoms with Crippen LogP contribution in [-0.2, 0) is 18.9 Å². The molecule has 0 bridgehead atoms. The molecule has 0 heterocycles. The van der Waals surface area contributed by atoms with Crippen LogP contribution in [0, 0.1) is 0 Å². The summed E-state index contributed by atoms with van der Waals surface area (Å²) in [5.74, 6) is 0. The Morgan fingerprint density at radius 1 is 0.750 bits per heavy atom. The second kappa shape index (κ2) is 15.1. The van der Waals surface area contributed by atoms with Gasteiger partial charge >= 0.3 is 0 Å². The molecule has 0 aromatic heterocycles. The van der Waals surface area contributed by atoms with Gasteiger partial charge in [0.2, 0.25) is 0 Å². The van der Waals surface area contributed by atoms with Gasteiger partial charge in [-0.1, -0.05) is 22.0 Å². The van der Waals surface area contributed by atoms with Crippen molar-refractivity contribution in [3.63, 3.8) is 0 Å². The summed E-state index contributed by atoms with van der Waals surface area (Å²) in [4.78, 5) is 0. The highest BCUT2D eigenvalue weighted by Gasteiger charge is 1.91. The Bertz CT molecular complexity index is 144. The normalized spacial score (nSPS) is 10.6. The molecule has 0 fully saturated rings. The molecule has 0 spiro atoms. The molecular formula is C11H21BrO4. The van der Waals surface area contributed by atoms with Gasteiger partial charge in [-0.15, -0.1) is 6.58 Å². The van der Waals surface area contributed by atoms with Crippen molar-refractivity contribution in [3.05, 3.63) is 12.7 Å². The minimum atomic E-state index is 0.574. The van der Waals surface area contributed by atoms with Crippen LogP contribution in [0.1, 0.15) is 0 Å². The fraction of sp³-hybridized carbons (Fsp3) is 0.818. The van der Waals surface area contributed by atoms with Gasteiger partial charge in [0, 0.05) is 5.33 Å². The molecule has 0 aliphatic heterocycles. The third-order valence-electron chi connectivity index (χ3n) is 1.57. The number of ether oxygens (including phenoxy) is 4. The van der Waals surface area contributed by atoms with E-state index in [0.717, 1.165) is 11.9 Å². The van der Waals surface area contributed by atoms with Crippen LogP contribution in [0.4, 0.5) is 0 Å². The number of halogens is 1. The molecule has 0 saturated carbocycles. The molecule has 0 saturated heterocycles. The summed E-state index contributed by atoms with van der Waals surface area (Å²) in [5, 5.41) is 0.862. The van der Waals surface area contributed by atoms with E-state index in [0.29, 0.717) is 46.2 Å². The summed E-state index contributed by atoms with van der Waals surface area (Å²) >= 11 is 3.27. The quantitative estimate of drug-likeness (QED) is 0.294. The van der Waals surface area contributed by atoms with Gasteiger partial charge in [-0.05, 0) is 0 Å². The summed E-state index contributed by atoms with van der Waals surface area (Å²) in [7, 11) is 0. The zero-order valence-corrected chi connectivity index (χ0v) is 11.2. The van der Waals surface area contributed by atoms with Crippen molar-refractivity contribution in [2.45, 2.75) is 0 Å². The average molecular weight is 297 g/mol. The first-order valence-corrected chi connectivity index (χ1v) is 6.51. The topological polar surface area (TPSA) is 36.9 Å². The lowest BCUT2D eigenvalue weighted by atomic mass is 10.6. The Hall–Kier alpha value is 0.0600. The van der Waals surface area contributed by atoms with E-state index < -0.39 is 0 Å². The van der Waals surface area contributed by atoms with Gasteiger partial charge in [0.1, 0.15) is 0 Å². The highest BCUT2D eigenvalue weighted by molar-refractivity contribution is 9.09. The lowest BCUT2D eigenvalue weighted by molar-refractivity contribution is 0.00275. The highest BCUT2D eigenvalue weighted by atomic mass is 79.9. The van der Waals surface area contributed by atoms with Crippen molar-refractivity contribution in [3.8, 4) is 0 Å². The van der Waals surface area contributed by atoms with E-state index in [1.807, 2.05) is 0 Å². The van der Waals surface area contributed by atoms with Gasteiger partial charge in [0.25, 0.3) is 0 Å². The zero-order chi connectivity index (χ0) is 11.9. The zero-order valence-electron chi connectivity index (χ0n) is 9.66. The second-order valence-electron chi connectivity index (χ2n) is 2.89. The maximum absolute atomic E-state index is 5.29. The van der Waals surface area contributed by atoms with E-state index in [1.165, 1.54) is 0 Å². The highest BCUT2D eigenvalue weighted by Crippen LogP contribution is 1.84. The van der Waals surface area contributed by atoms with E-state index >= 15 is 0 Å². The molecule has 4 nitrogen and oxygen atoms in total. The number of rotatable bonds is 13. The lowest BCUT2D eigenvalue weighted by Crippen LogP contribution is -2.12. The van der Waals surface area contributed by atoms with Crippen molar-refractivity contribution in [2.24, 2.45) is 0 Å². The molecule has 96 valence electrons. The third-order valence-corrected chi connectivity index (χ3v) is 1.90. The van der Waals surface area contributed by atoms with Crippen molar-refractivity contribution in [1.29, 1.82) is 0 Å². The molecule has 0 aliphatic rings. The fourth-order valence-corrected chi connectivity index (χ4v) is 1.11. The van der Waals surface area contributed by atoms with Crippen LogP contribution in [0.15, 0.2) is 12.7 Å². The summed E-state index contributed by atoms with van der Waals surface area (Å²) in [5.41, 5.74) is 0. The molecule has 0 radical (unpaired) electrons. The molecular weight excluding hydrogens is 276 g/mol. The maximum Gasteiger partial charge on any atom is 0.0704 e. The van der Waals surface area contributed by atoms with Crippen LogP contribution in [0.3, 0.4) is 0 Å². The van der Waals surface area contributed by atoms with Crippen LogP contribution in [0.2, 0.25) is 0 Å². The summed E-state index contributed by atoms with van der Waals surface area (Å²) in [6.45, 7) is 8.47. The van der Waals surface area contributed by atoms with Gasteiger partial charge in [-0.3, -0.25) is 0 Å². The van der Waals surface area contributed by atoms with E-state index in [2.05, 4.69) is 22.5 Å². The molecule has 16 heavy (non-hydrogen) atoms. The number of hydrogen-bond acceptors (Lipinski definition) is 4. The van der Waals surface area contributed by atoms with Gasteiger partial charge in [-0.25, -0.2) is 0 Å². The number of hydrogen-bond donors (Lipinski definition) is 0. The van der Waals surface area contributed by atoms with Gasteiger partial charge in [0.05, 0.1) is 52.9 Å². The van der Waals surface area contributed by atoms with E-state index in [1.54, 1.807) is 6.08 Å².